The molecule has 1 aromatic carbocycles. The number of fused-ring (bicyclic) bond motifs is 1. The van der Waals surface area contributed by atoms with Gasteiger partial charge in [0.15, 0.2) is 0 Å². The molecule has 1 N–H and O–H groups in total. The minimum Gasteiger partial charge on any atom is -0.469 e. The van der Waals surface area contributed by atoms with Gasteiger partial charge in [-0.05, 0) is 50.7 Å². The lowest BCUT2D eigenvalue weighted by atomic mass is 9.86. The molecule has 1 aliphatic heterocycles. The highest BCUT2D eigenvalue weighted by atomic mass is 16.5. The second-order valence-corrected chi connectivity index (χ2v) is 6.83. The van der Waals surface area contributed by atoms with Crippen LogP contribution in [-0.4, -0.2) is 37.6 Å². The molecule has 3 rings (SSSR count). The monoisotopic (exact) mass is 330 g/mol. The van der Waals surface area contributed by atoms with Crippen molar-refractivity contribution in [2.45, 2.75) is 51.1 Å². The number of nitrogens with zero attached hydrogens (tertiary/aromatic N) is 1. The number of carbonyl (C=O) groups excluding carboxylic acids is 2. The molecular formula is C19H26N2O3. The van der Waals surface area contributed by atoms with Crippen LogP contribution >= 0.6 is 0 Å². The molecular weight excluding hydrogens is 304 g/mol. The Morgan fingerprint density at radius 3 is 2.62 bits per heavy atom. The van der Waals surface area contributed by atoms with E-state index in [9.17, 15) is 9.59 Å². The number of para-hydroxylation sites is 1. The fourth-order valence-corrected chi connectivity index (χ4v) is 3.89. The first-order valence-corrected chi connectivity index (χ1v) is 8.83. The Bertz CT molecular complexity index is 608. The quantitative estimate of drug-likeness (QED) is 0.861. The van der Waals surface area contributed by atoms with Gasteiger partial charge >= 0.3 is 5.97 Å². The van der Waals surface area contributed by atoms with Gasteiger partial charge in [-0.15, -0.1) is 0 Å². The third-order valence-electron chi connectivity index (χ3n) is 5.27. The fraction of sp³-hybridized carbons (Fsp3) is 0.579. The summed E-state index contributed by atoms with van der Waals surface area (Å²) < 4.78 is 4.82. The molecule has 1 fully saturated rings. The van der Waals surface area contributed by atoms with E-state index in [1.807, 2.05) is 30.0 Å². The van der Waals surface area contributed by atoms with Crippen molar-refractivity contribution in [1.82, 2.24) is 5.32 Å². The van der Waals surface area contributed by atoms with Crippen LogP contribution in [-0.2, 0) is 20.7 Å². The Hall–Kier alpha value is -1.88. The average Bonchev–Trinajstić information content (AvgIpc) is 3.05. The van der Waals surface area contributed by atoms with Gasteiger partial charge in [-0.2, -0.15) is 0 Å². The van der Waals surface area contributed by atoms with Crippen molar-refractivity contribution in [2.24, 2.45) is 5.92 Å². The zero-order valence-corrected chi connectivity index (χ0v) is 14.5. The van der Waals surface area contributed by atoms with Crippen molar-refractivity contribution < 1.29 is 14.3 Å². The number of nitrogens with one attached hydrogen (secondary N) is 1. The molecule has 0 radical (unpaired) electrons. The lowest BCUT2D eigenvalue weighted by Crippen LogP contribution is -2.49. The predicted octanol–water partition coefficient (Wildman–Crippen LogP) is 2.29. The topological polar surface area (TPSA) is 58.6 Å². The number of carbonyl (C=O) groups is 2. The Labute approximate surface area is 143 Å². The minimum atomic E-state index is -0.212. The van der Waals surface area contributed by atoms with Gasteiger partial charge in [-0.1, -0.05) is 18.2 Å². The molecule has 2 aliphatic rings. The maximum atomic E-state index is 12.8. The number of esters is 1. The first-order chi connectivity index (χ1) is 11.6. The van der Waals surface area contributed by atoms with Crippen LogP contribution in [0.4, 0.5) is 5.69 Å². The molecule has 5 nitrogen and oxygen atoms in total. The van der Waals surface area contributed by atoms with Crippen LogP contribution < -0.4 is 10.2 Å². The number of hydrogen-bond donors (Lipinski definition) is 1. The van der Waals surface area contributed by atoms with Gasteiger partial charge in [-0.25, -0.2) is 0 Å². The summed E-state index contributed by atoms with van der Waals surface area (Å²) >= 11 is 0. The molecule has 1 amide bonds. The van der Waals surface area contributed by atoms with Gasteiger partial charge in [0.25, 0.3) is 0 Å². The highest BCUT2D eigenvalue weighted by Gasteiger charge is 2.31. The van der Waals surface area contributed by atoms with E-state index in [0.717, 1.165) is 44.3 Å². The van der Waals surface area contributed by atoms with Crippen LogP contribution in [0.5, 0.6) is 0 Å². The van der Waals surface area contributed by atoms with E-state index >= 15 is 0 Å². The molecule has 1 aromatic rings. The van der Waals surface area contributed by atoms with Crippen LogP contribution in [0.2, 0.25) is 0 Å². The molecule has 130 valence electrons. The molecule has 24 heavy (non-hydrogen) atoms. The highest BCUT2D eigenvalue weighted by Crippen LogP contribution is 2.29. The maximum absolute atomic E-state index is 12.8. The summed E-state index contributed by atoms with van der Waals surface area (Å²) in [5.74, 6) is 0.0470. The number of rotatable bonds is 4. The van der Waals surface area contributed by atoms with Crippen molar-refractivity contribution in [3.05, 3.63) is 29.8 Å². The Morgan fingerprint density at radius 1 is 1.21 bits per heavy atom. The zero-order valence-electron chi connectivity index (χ0n) is 14.5. The summed E-state index contributed by atoms with van der Waals surface area (Å²) in [5.41, 5.74) is 2.29. The van der Waals surface area contributed by atoms with Gasteiger partial charge in [-0.3, -0.25) is 9.59 Å². The van der Waals surface area contributed by atoms with E-state index in [-0.39, 0.29) is 23.8 Å². The zero-order chi connectivity index (χ0) is 17.1. The summed E-state index contributed by atoms with van der Waals surface area (Å²) in [5, 5.41) is 3.46. The van der Waals surface area contributed by atoms with Gasteiger partial charge in [0.2, 0.25) is 5.91 Å². The third kappa shape index (κ3) is 3.46. The van der Waals surface area contributed by atoms with Crippen LogP contribution in [0, 0.1) is 5.92 Å². The molecule has 0 saturated heterocycles. The molecule has 0 aromatic heterocycles. The summed E-state index contributed by atoms with van der Waals surface area (Å²) in [6, 6.07) is 8.20. The predicted molar refractivity (Wildman–Crippen MR) is 92.9 cm³/mol. The second kappa shape index (κ2) is 7.34. The van der Waals surface area contributed by atoms with E-state index in [4.69, 9.17) is 4.74 Å². The lowest BCUT2D eigenvalue weighted by Gasteiger charge is -2.31. The number of benzene rings is 1. The molecule has 1 aliphatic carbocycles. The van der Waals surface area contributed by atoms with E-state index in [0.29, 0.717) is 6.04 Å². The van der Waals surface area contributed by atoms with Crippen molar-refractivity contribution in [3.63, 3.8) is 0 Å². The first kappa shape index (κ1) is 17.0. The van der Waals surface area contributed by atoms with E-state index in [2.05, 4.69) is 11.4 Å². The number of anilines is 1. The summed E-state index contributed by atoms with van der Waals surface area (Å²) in [6.45, 7) is 2.70. The molecule has 0 bridgehead atoms. The molecule has 1 heterocycles. The van der Waals surface area contributed by atoms with Gasteiger partial charge in [0.05, 0.1) is 19.1 Å². The third-order valence-corrected chi connectivity index (χ3v) is 5.27. The Balaban J connectivity index is 1.54. The fourth-order valence-electron chi connectivity index (χ4n) is 3.89. The number of hydrogen-bond acceptors (Lipinski definition) is 4. The minimum absolute atomic E-state index is 0.0181. The second-order valence-electron chi connectivity index (χ2n) is 6.83. The molecule has 1 saturated carbocycles. The van der Waals surface area contributed by atoms with Crippen LogP contribution in [0.1, 0.15) is 38.2 Å². The lowest BCUT2D eigenvalue weighted by molar-refractivity contribution is -0.146. The SMILES string of the molecule is COC(=O)C1CCC(N[C@H](C)C(=O)N2CCc3ccccc32)CC1. The van der Waals surface area contributed by atoms with Crippen molar-refractivity contribution in [3.8, 4) is 0 Å². The number of amides is 1. The smallest absolute Gasteiger partial charge is 0.308 e. The Kier molecular flexibility index (Phi) is 5.19. The Morgan fingerprint density at radius 2 is 1.92 bits per heavy atom. The molecule has 0 spiro atoms. The van der Waals surface area contributed by atoms with Crippen molar-refractivity contribution >= 4 is 17.6 Å². The maximum Gasteiger partial charge on any atom is 0.308 e. The standard InChI is InChI=1S/C19H26N2O3/c1-13(20-16-9-7-15(8-10-16)19(23)24-2)18(22)21-12-11-14-5-3-4-6-17(14)21/h3-6,13,15-16,20H,7-12H2,1-2H3/t13-,15?,16?/m1/s1. The molecule has 0 unspecified atom stereocenters. The number of ether oxygens (including phenoxy) is 1. The largest absolute Gasteiger partial charge is 0.469 e. The van der Waals surface area contributed by atoms with E-state index in [1.54, 1.807) is 0 Å². The van der Waals surface area contributed by atoms with Crippen LogP contribution in [0.25, 0.3) is 0 Å². The van der Waals surface area contributed by atoms with E-state index < -0.39 is 0 Å². The van der Waals surface area contributed by atoms with Crippen molar-refractivity contribution in [2.75, 3.05) is 18.6 Å². The van der Waals surface area contributed by atoms with Gasteiger partial charge in [0.1, 0.15) is 0 Å². The van der Waals surface area contributed by atoms with Crippen molar-refractivity contribution in [1.29, 1.82) is 0 Å². The summed E-state index contributed by atoms with van der Waals surface area (Å²) in [6.07, 6.45) is 4.41. The van der Waals surface area contributed by atoms with Crippen LogP contribution in [0.3, 0.4) is 0 Å². The average molecular weight is 330 g/mol. The number of methoxy groups -OCH3 is 1. The highest BCUT2D eigenvalue weighted by molar-refractivity contribution is 5.98. The normalized spacial score (nSPS) is 24.3. The first-order valence-electron chi connectivity index (χ1n) is 8.83. The van der Waals surface area contributed by atoms with Gasteiger partial charge in [0, 0.05) is 18.3 Å². The van der Waals surface area contributed by atoms with Crippen LogP contribution in [0.15, 0.2) is 24.3 Å². The summed E-state index contributed by atoms with van der Waals surface area (Å²) in [7, 11) is 1.45. The summed E-state index contributed by atoms with van der Waals surface area (Å²) in [4.78, 5) is 26.3. The van der Waals surface area contributed by atoms with Gasteiger partial charge < -0.3 is 15.0 Å². The van der Waals surface area contributed by atoms with E-state index in [1.165, 1.54) is 12.7 Å². The molecule has 5 heteroatoms. The molecule has 1 atom stereocenters.